The van der Waals surface area contributed by atoms with Gasteiger partial charge in [0.2, 0.25) is 10.9 Å². The molecule has 0 atom stereocenters. The molecule has 1 aromatic carbocycles. The van der Waals surface area contributed by atoms with Crippen molar-refractivity contribution < 1.29 is 9.53 Å². The molecule has 0 unspecified atom stereocenters. The molecule has 2 rings (SSSR count). The van der Waals surface area contributed by atoms with Crippen molar-refractivity contribution in [2.45, 2.75) is 0 Å². The standard InChI is InChI=1S/C10H9N3O2S/c1-15-7-4-2-6(3-5-7)8(14)9-12-13-10(11)16-9/h2-5H,1H3,(H2,11,13). The Bertz CT molecular complexity index is 507. The second-order valence-corrected chi connectivity index (χ2v) is 4.01. The van der Waals surface area contributed by atoms with Gasteiger partial charge in [-0.25, -0.2) is 0 Å². The number of hydrogen-bond acceptors (Lipinski definition) is 6. The van der Waals surface area contributed by atoms with E-state index in [9.17, 15) is 4.79 Å². The lowest BCUT2D eigenvalue weighted by Crippen LogP contribution is -2.00. The van der Waals surface area contributed by atoms with Crippen LogP contribution in [0, 0.1) is 0 Å². The number of nitrogen functional groups attached to an aromatic ring is 1. The number of aromatic nitrogens is 2. The van der Waals surface area contributed by atoms with Gasteiger partial charge in [-0.1, -0.05) is 11.3 Å². The van der Waals surface area contributed by atoms with Gasteiger partial charge < -0.3 is 10.5 Å². The minimum absolute atomic E-state index is 0.183. The first-order valence-corrected chi connectivity index (χ1v) is 5.30. The Morgan fingerprint density at radius 2 is 2.00 bits per heavy atom. The second kappa shape index (κ2) is 4.28. The molecule has 0 saturated heterocycles. The van der Waals surface area contributed by atoms with Crippen molar-refractivity contribution >= 4 is 22.3 Å². The summed E-state index contributed by atoms with van der Waals surface area (Å²) in [5, 5.41) is 7.88. The zero-order valence-electron chi connectivity index (χ0n) is 8.51. The Labute approximate surface area is 95.9 Å². The van der Waals surface area contributed by atoms with Crippen LogP contribution in [0.5, 0.6) is 5.75 Å². The van der Waals surface area contributed by atoms with Crippen molar-refractivity contribution in [3.63, 3.8) is 0 Å². The summed E-state index contributed by atoms with van der Waals surface area (Å²) >= 11 is 1.08. The highest BCUT2D eigenvalue weighted by atomic mass is 32.1. The Morgan fingerprint density at radius 1 is 1.31 bits per heavy atom. The van der Waals surface area contributed by atoms with Crippen LogP contribution in [-0.2, 0) is 0 Å². The monoisotopic (exact) mass is 235 g/mol. The second-order valence-electron chi connectivity index (χ2n) is 3.00. The minimum Gasteiger partial charge on any atom is -0.497 e. The molecule has 0 amide bonds. The van der Waals surface area contributed by atoms with Gasteiger partial charge in [0.1, 0.15) is 5.75 Å². The highest BCUT2D eigenvalue weighted by Crippen LogP contribution is 2.18. The van der Waals surface area contributed by atoms with Crippen LogP contribution in [-0.4, -0.2) is 23.1 Å². The first kappa shape index (κ1) is 10.6. The van der Waals surface area contributed by atoms with E-state index in [0.717, 1.165) is 11.3 Å². The molecular weight excluding hydrogens is 226 g/mol. The van der Waals surface area contributed by atoms with Crippen LogP contribution in [0.4, 0.5) is 5.13 Å². The normalized spacial score (nSPS) is 10.1. The average Bonchev–Trinajstić information content (AvgIpc) is 2.75. The lowest BCUT2D eigenvalue weighted by molar-refractivity contribution is 0.103. The molecule has 16 heavy (non-hydrogen) atoms. The Balaban J connectivity index is 2.27. The summed E-state index contributed by atoms with van der Waals surface area (Å²) in [7, 11) is 1.57. The molecule has 1 heterocycles. The number of nitrogens with two attached hydrogens (primary N) is 1. The average molecular weight is 235 g/mol. The highest BCUT2D eigenvalue weighted by Gasteiger charge is 2.13. The molecule has 82 valence electrons. The summed E-state index contributed by atoms with van der Waals surface area (Å²) in [5.41, 5.74) is 5.95. The van der Waals surface area contributed by atoms with Gasteiger partial charge in [-0.15, -0.1) is 10.2 Å². The number of methoxy groups -OCH3 is 1. The maximum atomic E-state index is 11.9. The number of carbonyl (C=O) groups excluding carboxylic acids is 1. The maximum absolute atomic E-state index is 11.9. The Kier molecular flexibility index (Phi) is 2.82. The van der Waals surface area contributed by atoms with Crippen LogP contribution >= 0.6 is 11.3 Å². The molecule has 5 nitrogen and oxygen atoms in total. The van der Waals surface area contributed by atoms with E-state index in [-0.39, 0.29) is 10.9 Å². The number of ketones is 1. The third kappa shape index (κ3) is 2.01. The van der Waals surface area contributed by atoms with Crippen LogP contribution in [0.15, 0.2) is 24.3 Å². The molecule has 6 heteroatoms. The number of hydrogen-bond donors (Lipinski definition) is 1. The summed E-state index contributed by atoms with van der Waals surface area (Å²) in [5.74, 6) is 0.519. The first-order valence-electron chi connectivity index (χ1n) is 4.48. The molecule has 0 radical (unpaired) electrons. The molecule has 1 aromatic heterocycles. The number of anilines is 1. The summed E-state index contributed by atoms with van der Waals surface area (Å²) in [6.07, 6.45) is 0. The number of benzene rings is 1. The Morgan fingerprint density at radius 3 is 2.50 bits per heavy atom. The van der Waals surface area contributed by atoms with Crippen molar-refractivity contribution in [3.8, 4) is 5.75 Å². The summed E-state index contributed by atoms with van der Waals surface area (Å²) in [6.45, 7) is 0. The summed E-state index contributed by atoms with van der Waals surface area (Å²) in [4.78, 5) is 11.9. The van der Waals surface area contributed by atoms with Gasteiger partial charge in [-0.05, 0) is 24.3 Å². The van der Waals surface area contributed by atoms with E-state index in [4.69, 9.17) is 10.5 Å². The minimum atomic E-state index is -0.183. The third-order valence-electron chi connectivity index (χ3n) is 1.99. The van der Waals surface area contributed by atoms with E-state index in [2.05, 4.69) is 10.2 Å². The number of nitrogens with zero attached hydrogens (tertiary/aromatic N) is 2. The zero-order chi connectivity index (χ0) is 11.5. The van der Waals surface area contributed by atoms with Crippen LogP contribution in [0.25, 0.3) is 0 Å². The molecule has 0 saturated carbocycles. The quantitative estimate of drug-likeness (QED) is 0.813. The molecular formula is C10H9N3O2S. The van der Waals surface area contributed by atoms with E-state index < -0.39 is 0 Å². The van der Waals surface area contributed by atoms with E-state index >= 15 is 0 Å². The third-order valence-corrected chi connectivity index (χ3v) is 2.74. The fourth-order valence-corrected chi connectivity index (χ4v) is 1.76. The molecule has 0 aliphatic heterocycles. The molecule has 0 fully saturated rings. The van der Waals surface area contributed by atoms with E-state index in [1.165, 1.54) is 0 Å². The molecule has 0 aliphatic carbocycles. The zero-order valence-corrected chi connectivity index (χ0v) is 9.32. The highest BCUT2D eigenvalue weighted by molar-refractivity contribution is 7.17. The molecule has 0 bridgehead atoms. The molecule has 0 spiro atoms. The van der Waals surface area contributed by atoms with Gasteiger partial charge in [-0.2, -0.15) is 0 Å². The van der Waals surface area contributed by atoms with Crippen LogP contribution < -0.4 is 10.5 Å². The predicted molar refractivity (Wildman–Crippen MR) is 60.7 cm³/mol. The van der Waals surface area contributed by atoms with Crippen molar-refractivity contribution in [2.75, 3.05) is 12.8 Å². The topological polar surface area (TPSA) is 78.1 Å². The summed E-state index contributed by atoms with van der Waals surface area (Å²) in [6, 6.07) is 6.80. The largest absolute Gasteiger partial charge is 0.497 e. The smallest absolute Gasteiger partial charge is 0.223 e. The van der Waals surface area contributed by atoms with E-state index in [1.54, 1.807) is 31.4 Å². The lowest BCUT2D eigenvalue weighted by atomic mass is 10.1. The van der Waals surface area contributed by atoms with Gasteiger partial charge in [0, 0.05) is 5.56 Å². The number of carbonyl (C=O) groups is 1. The van der Waals surface area contributed by atoms with Gasteiger partial charge in [0.15, 0.2) is 5.01 Å². The van der Waals surface area contributed by atoms with Gasteiger partial charge >= 0.3 is 0 Å². The van der Waals surface area contributed by atoms with Crippen LogP contribution in [0.2, 0.25) is 0 Å². The molecule has 2 aromatic rings. The summed E-state index contributed by atoms with van der Waals surface area (Å²) < 4.78 is 5.00. The van der Waals surface area contributed by atoms with Crippen LogP contribution in [0.3, 0.4) is 0 Å². The molecule has 2 N–H and O–H groups in total. The van der Waals surface area contributed by atoms with Crippen molar-refractivity contribution in [2.24, 2.45) is 0 Å². The van der Waals surface area contributed by atoms with Crippen molar-refractivity contribution in [1.82, 2.24) is 10.2 Å². The SMILES string of the molecule is COc1ccc(C(=O)c2nnc(N)s2)cc1. The predicted octanol–water partition coefficient (Wildman–Crippen LogP) is 1.36. The van der Waals surface area contributed by atoms with E-state index in [0.29, 0.717) is 16.3 Å². The van der Waals surface area contributed by atoms with Crippen molar-refractivity contribution in [3.05, 3.63) is 34.8 Å². The Hall–Kier alpha value is -1.95. The lowest BCUT2D eigenvalue weighted by Gasteiger charge is -2.00. The first-order chi connectivity index (χ1) is 7.70. The van der Waals surface area contributed by atoms with Gasteiger partial charge in [-0.3, -0.25) is 4.79 Å². The number of ether oxygens (including phenoxy) is 1. The van der Waals surface area contributed by atoms with Crippen molar-refractivity contribution in [1.29, 1.82) is 0 Å². The fraction of sp³-hybridized carbons (Fsp3) is 0.100. The van der Waals surface area contributed by atoms with Gasteiger partial charge in [0.25, 0.3) is 0 Å². The maximum Gasteiger partial charge on any atom is 0.223 e. The van der Waals surface area contributed by atoms with Crippen LogP contribution in [0.1, 0.15) is 15.4 Å². The molecule has 0 aliphatic rings. The number of rotatable bonds is 3. The van der Waals surface area contributed by atoms with Gasteiger partial charge in [0.05, 0.1) is 7.11 Å². The fourth-order valence-electron chi connectivity index (χ4n) is 1.19. The van der Waals surface area contributed by atoms with E-state index in [1.807, 2.05) is 0 Å².